The maximum absolute atomic E-state index is 13.7. The minimum Gasteiger partial charge on any atom is -0.496 e. The summed E-state index contributed by atoms with van der Waals surface area (Å²) in [5, 5.41) is 0.878. The molecule has 2 fully saturated rings. The summed E-state index contributed by atoms with van der Waals surface area (Å²) in [7, 11) is 3.16. The van der Waals surface area contributed by atoms with Crippen LogP contribution in [0, 0.1) is 6.92 Å². The van der Waals surface area contributed by atoms with E-state index in [2.05, 4.69) is 24.0 Å². The van der Waals surface area contributed by atoms with Crippen molar-refractivity contribution in [3.05, 3.63) is 65.7 Å². The summed E-state index contributed by atoms with van der Waals surface area (Å²) in [6.45, 7) is 2.86. The van der Waals surface area contributed by atoms with Crippen LogP contribution in [-0.2, 0) is 9.54 Å². The maximum atomic E-state index is 13.7. The molecule has 0 saturated carbocycles. The van der Waals surface area contributed by atoms with Crippen LogP contribution in [-0.4, -0.2) is 47.8 Å². The smallest absolute Gasteiger partial charge is 0.289 e. The second-order valence-corrected chi connectivity index (χ2v) is 9.53. The number of ether oxygens (including phenoxy) is 1. The van der Waals surface area contributed by atoms with Crippen molar-refractivity contribution in [2.45, 2.75) is 30.6 Å². The number of thioether (sulfide) groups is 1. The van der Waals surface area contributed by atoms with E-state index in [0.29, 0.717) is 5.75 Å². The molecule has 0 spiro atoms. The summed E-state index contributed by atoms with van der Waals surface area (Å²) >= 11 is 1.10. The number of amides is 2. The molecule has 2 saturated heterocycles. The molecule has 6 nitrogen and oxygen atoms in total. The Labute approximate surface area is 191 Å². The summed E-state index contributed by atoms with van der Waals surface area (Å²) < 4.78 is 4.56. The van der Waals surface area contributed by atoms with Gasteiger partial charge in [-0.2, -0.15) is 0 Å². The zero-order valence-electron chi connectivity index (χ0n) is 18.4. The van der Waals surface area contributed by atoms with Crippen molar-refractivity contribution in [3.8, 4) is 5.75 Å². The third kappa shape index (κ3) is 2.98. The molecule has 5 rings (SSSR count). The predicted molar refractivity (Wildman–Crippen MR) is 127 cm³/mol. The van der Waals surface area contributed by atoms with Crippen molar-refractivity contribution in [2.75, 3.05) is 25.6 Å². The fourth-order valence-corrected chi connectivity index (χ4v) is 6.42. The van der Waals surface area contributed by atoms with Gasteiger partial charge in [0.2, 0.25) is 0 Å². The first kappa shape index (κ1) is 20.8. The zero-order chi connectivity index (χ0) is 22.5. The molecular formula is C25H25N3O3S. The molecule has 3 heterocycles. The molecule has 3 aromatic rings. The molecule has 2 amide bonds. The van der Waals surface area contributed by atoms with Gasteiger partial charge in [-0.25, -0.2) is 4.98 Å². The quantitative estimate of drug-likeness (QED) is 0.576. The van der Waals surface area contributed by atoms with Gasteiger partial charge in [0, 0.05) is 24.5 Å². The number of hydrogen-bond donors (Lipinski definition) is 0. The highest BCUT2D eigenvalue weighted by atomic mass is 32.2. The van der Waals surface area contributed by atoms with E-state index in [9.17, 15) is 9.59 Å². The molecule has 32 heavy (non-hydrogen) atoms. The Bertz CT molecular complexity index is 1230. The average Bonchev–Trinajstić information content (AvgIpc) is 3.39. The van der Waals surface area contributed by atoms with Gasteiger partial charge in [-0.15, -0.1) is 0 Å². The molecule has 0 radical (unpaired) electrons. The van der Waals surface area contributed by atoms with E-state index >= 15 is 0 Å². The van der Waals surface area contributed by atoms with Crippen LogP contribution in [0.15, 0.2) is 54.6 Å². The number of rotatable bonds is 4. The second-order valence-electron chi connectivity index (χ2n) is 8.33. The van der Waals surface area contributed by atoms with E-state index in [0.717, 1.165) is 59.0 Å². The molecule has 164 valence electrons. The first-order valence-electron chi connectivity index (χ1n) is 10.7. The third-order valence-corrected chi connectivity index (χ3v) is 8.01. The number of carbonyl (C=O) groups excluding carboxylic acids is 2. The van der Waals surface area contributed by atoms with Gasteiger partial charge in [0.05, 0.1) is 18.7 Å². The topological polar surface area (TPSA) is 62.7 Å². The number of aryl methyl sites for hydroxylation is 1. The highest BCUT2D eigenvalue weighted by molar-refractivity contribution is 8.15. The molecule has 0 bridgehead atoms. The number of nitrogens with zero attached hydrogens (tertiary/aromatic N) is 3. The van der Waals surface area contributed by atoms with Gasteiger partial charge in [0.25, 0.3) is 11.1 Å². The molecule has 1 unspecified atom stereocenters. The van der Waals surface area contributed by atoms with E-state index in [1.165, 1.54) is 4.90 Å². The number of fused-ring (bicyclic) bond motifs is 1. The minimum atomic E-state index is -1.09. The number of aromatic nitrogens is 1. The Morgan fingerprint density at radius 2 is 1.88 bits per heavy atom. The Morgan fingerprint density at radius 1 is 1.12 bits per heavy atom. The summed E-state index contributed by atoms with van der Waals surface area (Å²) in [5.41, 5.74) is 2.81. The van der Waals surface area contributed by atoms with Gasteiger partial charge in [-0.05, 0) is 55.3 Å². The molecule has 2 aliphatic heterocycles. The van der Waals surface area contributed by atoms with Crippen LogP contribution in [0.3, 0.4) is 0 Å². The summed E-state index contributed by atoms with van der Waals surface area (Å²) in [4.78, 5) is 34.9. The predicted octanol–water partition coefficient (Wildman–Crippen LogP) is 4.74. The lowest BCUT2D eigenvalue weighted by Gasteiger charge is -2.39. The Balaban J connectivity index is 1.69. The Kier molecular flexibility index (Phi) is 5.08. The first-order valence-corrected chi connectivity index (χ1v) is 11.6. The molecule has 2 aromatic carbocycles. The number of pyridine rings is 1. The van der Waals surface area contributed by atoms with Crippen molar-refractivity contribution < 1.29 is 14.3 Å². The number of methoxy groups -OCH3 is 1. The highest BCUT2D eigenvalue weighted by Crippen LogP contribution is 2.54. The summed E-state index contributed by atoms with van der Waals surface area (Å²) in [6.07, 6.45) is 1.70. The number of hydrogen-bond acceptors (Lipinski definition) is 6. The van der Waals surface area contributed by atoms with Crippen molar-refractivity contribution in [1.82, 2.24) is 9.88 Å². The van der Waals surface area contributed by atoms with Gasteiger partial charge >= 0.3 is 0 Å². The average molecular weight is 448 g/mol. The van der Waals surface area contributed by atoms with Crippen molar-refractivity contribution in [1.29, 1.82) is 0 Å². The van der Waals surface area contributed by atoms with Crippen LogP contribution in [0.1, 0.15) is 24.0 Å². The van der Waals surface area contributed by atoms with Crippen LogP contribution in [0.5, 0.6) is 5.75 Å². The SMILES string of the molecule is COc1ccccc1C1([C@@H]2CCCN2c2cc(C)c3ccccc3n2)SC(=O)N(C)C1=O. The molecule has 7 heteroatoms. The molecule has 2 aliphatic rings. The Morgan fingerprint density at radius 3 is 2.62 bits per heavy atom. The second kappa shape index (κ2) is 7.81. The van der Waals surface area contributed by atoms with Crippen molar-refractivity contribution in [3.63, 3.8) is 0 Å². The van der Waals surface area contributed by atoms with Gasteiger partial charge in [0.1, 0.15) is 11.6 Å². The lowest BCUT2D eigenvalue weighted by molar-refractivity contribution is -0.129. The monoisotopic (exact) mass is 447 g/mol. The van der Waals surface area contributed by atoms with E-state index < -0.39 is 4.75 Å². The lowest BCUT2D eigenvalue weighted by atomic mass is 9.86. The molecule has 0 aliphatic carbocycles. The third-order valence-electron chi connectivity index (χ3n) is 6.58. The van der Waals surface area contributed by atoms with Crippen molar-refractivity contribution >= 4 is 39.6 Å². The summed E-state index contributed by atoms with van der Waals surface area (Å²) in [5.74, 6) is 1.26. The number of carbonyl (C=O) groups is 2. The van der Waals surface area contributed by atoms with Crippen LogP contribution >= 0.6 is 11.8 Å². The first-order chi connectivity index (χ1) is 15.5. The number of benzene rings is 2. The van der Waals surface area contributed by atoms with Crippen LogP contribution < -0.4 is 9.64 Å². The highest BCUT2D eigenvalue weighted by Gasteiger charge is 2.61. The molecule has 1 aromatic heterocycles. The zero-order valence-corrected chi connectivity index (χ0v) is 19.2. The van der Waals surface area contributed by atoms with E-state index in [1.807, 2.05) is 42.5 Å². The maximum Gasteiger partial charge on any atom is 0.289 e. The molecule has 2 atom stereocenters. The van der Waals surface area contributed by atoms with Crippen LogP contribution in [0.2, 0.25) is 0 Å². The Hall–Kier alpha value is -3.06. The van der Waals surface area contributed by atoms with E-state index in [-0.39, 0.29) is 17.2 Å². The van der Waals surface area contributed by atoms with Gasteiger partial charge in [0.15, 0.2) is 4.75 Å². The van der Waals surface area contributed by atoms with Crippen LogP contribution in [0.25, 0.3) is 10.9 Å². The van der Waals surface area contributed by atoms with Gasteiger partial charge < -0.3 is 9.64 Å². The number of imide groups is 1. The van der Waals surface area contributed by atoms with Crippen molar-refractivity contribution in [2.24, 2.45) is 0 Å². The fraction of sp³-hybridized carbons (Fsp3) is 0.320. The van der Waals surface area contributed by atoms with E-state index in [1.54, 1.807) is 14.2 Å². The largest absolute Gasteiger partial charge is 0.496 e. The molecular weight excluding hydrogens is 422 g/mol. The fourth-order valence-electron chi connectivity index (χ4n) is 5.04. The normalized spacial score (nSPS) is 23.4. The number of likely N-dealkylation sites (N-methyl/N-ethyl adjacent to an activating group) is 1. The van der Waals surface area contributed by atoms with Gasteiger partial charge in [-0.1, -0.05) is 36.4 Å². The van der Waals surface area contributed by atoms with Crippen LogP contribution in [0.4, 0.5) is 10.6 Å². The number of para-hydroxylation sites is 2. The lowest BCUT2D eigenvalue weighted by Crippen LogP contribution is -2.51. The minimum absolute atomic E-state index is 0.202. The molecule has 0 N–H and O–H groups in total. The number of anilines is 1. The summed E-state index contributed by atoms with van der Waals surface area (Å²) in [6, 6.07) is 17.5. The van der Waals surface area contributed by atoms with Gasteiger partial charge in [-0.3, -0.25) is 14.5 Å². The van der Waals surface area contributed by atoms with E-state index in [4.69, 9.17) is 9.72 Å². The standard InChI is InChI=1S/C25H25N3O3S/c1-16-15-22(26-19-11-6-4-9-17(16)19)28-14-8-13-21(28)25(23(29)27(2)24(30)32-25)18-10-5-7-12-20(18)31-3/h4-7,9-12,15,21H,8,13-14H2,1-3H3/t21-,25?/m0/s1.